The van der Waals surface area contributed by atoms with Gasteiger partial charge in [0.25, 0.3) is 5.69 Å². The molecule has 0 atom stereocenters. The number of nitrogens with zero attached hydrogens (tertiary/aromatic N) is 2. The molecule has 5 nitrogen and oxygen atoms in total. The lowest BCUT2D eigenvalue weighted by Gasteiger charge is -2.11. The summed E-state index contributed by atoms with van der Waals surface area (Å²) in [4.78, 5) is 10.5. The summed E-state index contributed by atoms with van der Waals surface area (Å²) in [6, 6.07) is 19.1. The number of nitro benzene ring substituents is 1. The van der Waals surface area contributed by atoms with Crippen molar-refractivity contribution < 1.29 is 9.66 Å². The molecule has 0 aliphatic rings. The fraction of sp³-hybridized carbons (Fsp3) is 0.0870. The zero-order valence-corrected chi connectivity index (χ0v) is 17.4. The van der Waals surface area contributed by atoms with Gasteiger partial charge in [-0.05, 0) is 41.8 Å². The molecule has 7 heteroatoms. The Hall–Kier alpha value is -3.33. The summed E-state index contributed by atoms with van der Waals surface area (Å²) in [5.41, 5.74) is 3.28. The van der Waals surface area contributed by atoms with Gasteiger partial charge in [-0.25, -0.2) is 0 Å². The van der Waals surface area contributed by atoms with Crippen LogP contribution in [-0.2, 0) is 6.61 Å². The summed E-state index contributed by atoms with van der Waals surface area (Å²) in [6.07, 6.45) is 1.57. The third-order valence-corrected chi connectivity index (χ3v) is 4.85. The monoisotopic (exact) mass is 438 g/mol. The number of nitro groups is 1. The van der Waals surface area contributed by atoms with Crippen LogP contribution in [0.25, 0.3) is 11.6 Å². The number of hydrogen-bond acceptors (Lipinski definition) is 4. The van der Waals surface area contributed by atoms with Crippen molar-refractivity contribution >= 4 is 40.5 Å². The molecule has 150 valence electrons. The van der Waals surface area contributed by atoms with E-state index in [4.69, 9.17) is 27.9 Å². The van der Waals surface area contributed by atoms with Gasteiger partial charge in [0.1, 0.15) is 6.61 Å². The Morgan fingerprint density at radius 3 is 2.47 bits per heavy atom. The number of non-ortho nitro benzene ring substituents is 1. The van der Waals surface area contributed by atoms with E-state index in [9.17, 15) is 15.4 Å². The molecule has 0 aliphatic carbocycles. The molecule has 0 unspecified atom stereocenters. The molecule has 0 fully saturated rings. The van der Waals surface area contributed by atoms with Gasteiger partial charge in [0.05, 0.1) is 26.6 Å². The average Bonchev–Trinajstić information content (AvgIpc) is 2.71. The Bertz CT molecular complexity index is 1160. The standard InChI is InChI=1S/C23H16Cl2N2O3/c1-15-4-2-5-16(8-15)14-30-23-21(24)10-17(11-22(23)25)9-19(13-26)18-6-3-7-20(12-18)27(28)29/h2-12H,14H2,1H3. The first-order chi connectivity index (χ1) is 14.4. The second kappa shape index (κ2) is 9.45. The van der Waals surface area contributed by atoms with Crippen molar-refractivity contribution in [2.75, 3.05) is 0 Å². The second-order valence-electron chi connectivity index (χ2n) is 6.57. The van der Waals surface area contributed by atoms with Crippen LogP contribution in [0.15, 0.2) is 60.7 Å². The van der Waals surface area contributed by atoms with E-state index in [2.05, 4.69) is 6.07 Å². The van der Waals surface area contributed by atoms with Crippen LogP contribution in [0.3, 0.4) is 0 Å². The van der Waals surface area contributed by atoms with Crippen molar-refractivity contribution in [1.29, 1.82) is 5.26 Å². The molecular formula is C23H16Cl2N2O3. The van der Waals surface area contributed by atoms with E-state index in [0.29, 0.717) is 33.5 Å². The van der Waals surface area contributed by atoms with Crippen molar-refractivity contribution in [3.8, 4) is 11.8 Å². The number of allylic oxidation sites excluding steroid dienone is 1. The van der Waals surface area contributed by atoms with E-state index < -0.39 is 4.92 Å². The Morgan fingerprint density at radius 2 is 1.83 bits per heavy atom. The Kier molecular flexibility index (Phi) is 6.73. The molecule has 0 amide bonds. The van der Waals surface area contributed by atoms with Crippen LogP contribution in [0.1, 0.15) is 22.3 Å². The predicted molar refractivity (Wildman–Crippen MR) is 119 cm³/mol. The molecule has 0 aliphatic heterocycles. The highest BCUT2D eigenvalue weighted by molar-refractivity contribution is 6.37. The topological polar surface area (TPSA) is 76.2 Å². The zero-order chi connectivity index (χ0) is 21.7. The molecule has 3 rings (SSSR count). The van der Waals surface area contributed by atoms with Crippen molar-refractivity contribution in [3.63, 3.8) is 0 Å². The van der Waals surface area contributed by atoms with Gasteiger partial charge in [-0.3, -0.25) is 10.1 Å². The Labute approximate surface area is 183 Å². The van der Waals surface area contributed by atoms with E-state index in [1.54, 1.807) is 24.3 Å². The van der Waals surface area contributed by atoms with Gasteiger partial charge in [0.15, 0.2) is 5.75 Å². The molecule has 3 aromatic carbocycles. The van der Waals surface area contributed by atoms with E-state index in [1.165, 1.54) is 18.2 Å². The van der Waals surface area contributed by atoms with E-state index >= 15 is 0 Å². The first-order valence-electron chi connectivity index (χ1n) is 8.91. The molecule has 0 N–H and O–H groups in total. The summed E-state index contributed by atoms with van der Waals surface area (Å²) >= 11 is 12.7. The Morgan fingerprint density at radius 1 is 1.13 bits per heavy atom. The highest BCUT2D eigenvalue weighted by Crippen LogP contribution is 2.36. The highest BCUT2D eigenvalue weighted by Gasteiger charge is 2.12. The fourth-order valence-corrected chi connectivity index (χ4v) is 3.51. The molecule has 0 bridgehead atoms. The predicted octanol–water partition coefficient (Wildman–Crippen LogP) is 6.85. The maximum Gasteiger partial charge on any atom is 0.270 e. The Balaban J connectivity index is 1.87. The molecule has 0 heterocycles. The molecule has 30 heavy (non-hydrogen) atoms. The van der Waals surface area contributed by atoms with Gasteiger partial charge in [0.2, 0.25) is 0 Å². The molecular weight excluding hydrogens is 423 g/mol. The number of hydrogen-bond donors (Lipinski definition) is 0. The SMILES string of the molecule is Cc1cccc(COc2c(Cl)cc(C=C(C#N)c3cccc([N+](=O)[O-])c3)cc2Cl)c1. The third-order valence-electron chi connectivity index (χ3n) is 4.29. The van der Waals surface area contributed by atoms with Crippen LogP contribution in [0.5, 0.6) is 5.75 Å². The zero-order valence-electron chi connectivity index (χ0n) is 15.9. The minimum atomic E-state index is -0.507. The van der Waals surface area contributed by atoms with Gasteiger partial charge in [-0.2, -0.15) is 5.26 Å². The first kappa shape index (κ1) is 21.4. The van der Waals surface area contributed by atoms with Crippen LogP contribution in [0.4, 0.5) is 5.69 Å². The van der Waals surface area contributed by atoms with Crippen molar-refractivity contribution in [2.24, 2.45) is 0 Å². The molecule has 0 radical (unpaired) electrons. The summed E-state index contributed by atoms with van der Waals surface area (Å²) in [5.74, 6) is 0.353. The smallest absolute Gasteiger partial charge is 0.270 e. The lowest BCUT2D eigenvalue weighted by atomic mass is 10.0. The lowest BCUT2D eigenvalue weighted by Crippen LogP contribution is -1.97. The number of ether oxygens (including phenoxy) is 1. The van der Waals surface area contributed by atoms with Gasteiger partial charge in [0, 0.05) is 12.1 Å². The van der Waals surface area contributed by atoms with Gasteiger partial charge in [-0.1, -0.05) is 65.2 Å². The summed E-state index contributed by atoms with van der Waals surface area (Å²) in [5, 5.41) is 21.1. The maximum absolute atomic E-state index is 11.0. The van der Waals surface area contributed by atoms with E-state index in [0.717, 1.165) is 11.1 Å². The summed E-state index contributed by atoms with van der Waals surface area (Å²) < 4.78 is 5.80. The highest BCUT2D eigenvalue weighted by atomic mass is 35.5. The van der Waals surface area contributed by atoms with E-state index in [1.807, 2.05) is 31.2 Å². The lowest BCUT2D eigenvalue weighted by molar-refractivity contribution is -0.384. The van der Waals surface area contributed by atoms with Gasteiger partial charge >= 0.3 is 0 Å². The number of nitriles is 1. The minimum Gasteiger partial charge on any atom is -0.486 e. The van der Waals surface area contributed by atoms with Crippen molar-refractivity contribution in [1.82, 2.24) is 0 Å². The molecule has 0 saturated carbocycles. The number of rotatable bonds is 6. The molecule has 3 aromatic rings. The molecule has 0 spiro atoms. The normalized spacial score (nSPS) is 11.1. The number of aryl methyl sites for hydroxylation is 1. The molecule has 0 aromatic heterocycles. The average molecular weight is 439 g/mol. The second-order valence-corrected chi connectivity index (χ2v) is 7.38. The van der Waals surface area contributed by atoms with E-state index in [-0.39, 0.29) is 11.3 Å². The quantitative estimate of drug-likeness (QED) is 0.182. The largest absolute Gasteiger partial charge is 0.486 e. The first-order valence-corrected chi connectivity index (χ1v) is 9.67. The van der Waals surface area contributed by atoms with Crippen LogP contribution in [0.2, 0.25) is 10.0 Å². The van der Waals surface area contributed by atoms with Crippen LogP contribution >= 0.6 is 23.2 Å². The molecule has 0 saturated heterocycles. The van der Waals surface area contributed by atoms with Crippen LogP contribution < -0.4 is 4.74 Å². The maximum atomic E-state index is 11.0. The number of halogens is 2. The number of benzene rings is 3. The summed E-state index contributed by atoms with van der Waals surface area (Å²) in [6.45, 7) is 2.31. The van der Waals surface area contributed by atoms with Gasteiger partial charge in [-0.15, -0.1) is 0 Å². The van der Waals surface area contributed by atoms with Crippen LogP contribution in [-0.4, -0.2) is 4.92 Å². The summed E-state index contributed by atoms with van der Waals surface area (Å²) in [7, 11) is 0. The van der Waals surface area contributed by atoms with Gasteiger partial charge < -0.3 is 4.74 Å². The third kappa shape index (κ3) is 5.18. The van der Waals surface area contributed by atoms with Crippen molar-refractivity contribution in [2.45, 2.75) is 13.5 Å². The fourth-order valence-electron chi connectivity index (χ4n) is 2.89. The van der Waals surface area contributed by atoms with Crippen LogP contribution in [0, 0.1) is 28.4 Å². The van der Waals surface area contributed by atoms with Crippen molar-refractivity contribution in [3.05, 3.63) is 103 Å². The minimum absolute atomic E-state index is 0.0930.